The molecule has 0 spiro atoms. The largest absolute Gasteiger partial charge is 0.456 e. The molecule has 2 aliphatic rings. The van der Waals surface area contributed by atoms with E-state index in [0.29, 0.717) is 10.8 Å². The Morgan fingerprint density at radius 3 is 3.18 bits per heavy atom. The van der Waals surface area contributed by atoms with Crippen molar-refractivity contribution in [3.8, 4) is 0 Å². The smallest absolute Gasteiger partial charge is 0.140 e. The van der Waals surface area contributed by atoms with E-state index in [2.05, 4.69) is 4.99 Å². The highest BCUT2D eigenvalue weighted by molar-refractivity contribution is 6.19. The number of hydrogen-bond donors (Lipinski definition) is 0. The van der Waals surface area contributed by atoms with Crippen LogP contribution in [0.4, 0.5) is 0 Å². The Labute approximate surface area is 143 Å². The zero-order valence-corrected chi connectivity index (χ0v) is 12.4. The van der Waals surface area contributed by atoms with Gasteiger partial charge in [0.2, 0.25) is 0 Å². The van der Waals surface area contributed by atoms with E-state index in [-0.39, 0.29) is 76.9 Å². The van der Waals surface area contributed by atoms with E-state index in [9.17, 15) is 0 Å². The van der Waals surface area contributed by atoms with Gasteiger partial charge in [0, 0.05) is 32.2 Å². The van der Waals surface area contributed by atoms with Crippen molar-refractivity contribution in [1.29, 1.82) is 0 Å². The second kappa shape index (κ2) is 5.28. The van der Waals surface area contributed by atoms with E-state index < -0.39 is 18.7 Å². The van der Waals surface area contributed by atoms with Crippen LogP contribution in [0.25, 0.3) is 22.6 Å². The number of furan rings is 1. The summed E-state index contributed by atoms with van der Waals surface area (Å²) in [5.41, 5.74) is 0.945. The molecule has 0 fully saturated rings. The van der Waals surface area contributed by atoms with Gasteiger partial charge in [0.1, 0.15) is 11.0 Å². The van der Waals surface area contributed by atoms with Crippen LogP contribution in [0.5, 0.6) is 0 Å². The third kappa shape index (κ3) is 2.06. The summed E-state index contributed by atoms with van der Waals surface area (Å²) in [6.45, 7) is 3.14. The minimum atomic E-state index is -1.29. The molecule has 2 heteroatoms. The average molecular weight is 300 g/mol. The lowest BCUT2D eigenvalue weighted by atomic mass is 9.93. The van der Waals surface area contributed by atoms with Crippen molar-refractivity contribution in [2.45, 2.75) is 45.4 Å². The molecule has 2 aromatic rings. The molecule has 0 saturated heterocycles. The summed E-state index contributed by atoms with van der Waals surface area (Å²) in [6, 6.07) is -1.06. The molecule has 0 N–H and O–H groups in total. The Kier molecular flexibility index (Phi) is 1.68. The lowest BCUT2D eigenvalue weighted by Gasteiger charge is -2.12. The SMILES string of the molecule is [2H]C1=C([2H])C([2H])C([2H])C(C2=c3oc4c([2H])c([2H])c([2H])c(C([2H])(C)C)c4c3=C([2H])CC2)=N1. The van der Waals surface area contributed by atoms with Crippen LogP contribution in [0, 0.1) is 0 Å². The fraction of sp³-hybridized carbons (Fsp3) is 0.350. The molecule has 2 nitrogen and oxygen atoms in total. The predicted octanol–water partition coefficient (Wildman–Crippen LogP) is 4.03. The molecule has 22 heavy (non-hydrogen) atoms. The third-order valence-electron chi connectivity index (χ3n) is 3.85. The van der Waals surface area contributed by atoms with E-state index in [4.69, 9.17) is 16.8 Å². The van der Waals surface area contributed by atoms with Crippen LogP contribution < -0.4 is 10.6 Å². The maximum absolute atomic E-state index is 8.53. The zero-order chi connectivity index (χ0) is 23.0. The van der Waals surface area contributed by atoms with Crippen molar-refractivity contribution in [2.75, 3.05) is 0 Å². The first kappa shape index (κ1) is 6.99. The monoisotopic (exact) mass is 300 g/mol. The minimum absolute atomic E-state index is 0.00802. The Hall–Kier alpha value is -2.09. The highest BCUT2D eigenvalue weighted by atomic mass is 16.3. The standard InChI is InChI=1S/C20H21NO/c1-13(2)14-7-6-11-18-19(14)16-9-5-8-15(20(16)22-18)17-10-3-4-12-21-17/h4,6-7,9,11-13H,3,5,8,10H2,1-2H3/i3D,4D,6D,7D,9D,10D,11D,12D,13D. The van der Waals surface area contributed by atoms with E-state index in [0.717, 1.165) is 0 Å². The molecule has 2 atom stereocenters. The quantitative estimate of drug-likeness (QED) is 0.822. The molecule has 1 aliphatic carbocycles. The van der Waals surface area contributed by atoms with Crippen LogP contribution >= 0.6 is 0 Å². The van der Waals surface area contributed by atoms with Gasteiger partial charge in [0.15, 0.2) is 0 Å². The number of rotatable bonds is 2. The van der Waals surface area contributed by atoms with Gasteiger partial charge in [-0.3, -0.25) is 4.99 Å². The first-order valence-corrected chi connectivity index (χ1v) is 7.22. The fourth-order valence-electron chi connectivity index (χ4n) is 2.85. The van der Waals surface area contributed by atoms with Crippen LogP contribution in [0.15, 0.2) is 39.8 Å². The maximum atomic E-state index is 8.53. The summed E-state index contributed by atoms with van der Waals surface area (Å²) in [7, 11) is 0. The number of aliphatic imine (C=N–C) groups is 1. The van der Waals surface area contributed by atoms with E-state index in [1.165, 1.54) is 0 Å². The summed E-state index contributed by atoms with van der Waals surface area (Å²) >= 11 is 0. The maximum Gasteiger partial charge on any atom is 0.140 e. The molecule has 0 bridgehead atoms. The summed E-state index contributed by atoms with van der Waals surface area (Å²) in [5.74, 6) is -1.29. The number of hydrogen-bond acceptors (Lipinski definition) is 2. The third-order valence-corrected chi connectivity index (χ3v) is 3.85. The fourth-order valence-corrected chi connectivity index (χ4v) is 2.85. The lowest BCUT2D eigenvalue weighted by molar-refractivity contribution is 0.569. The summed E-state index contributed by atoms with van der Waals surface area (Å²) in [4.78, 5) is 4.08. The van der Waals surface area contributed by atoms with E-state index in [1.54, 1.807) is 13.8 Å². The number of fused-ring (bicyclic) bond motifs is 3. The van der Waals surface area contributed by atoms with Gasteiger partial charge in [-0.05, 0) is 43.1 Å². The van der Waals surface area contributed by atoms with Crippen molar-refractivity contribution in [2.24, 2.45) is 4.99 Å². The molecule has 1 aromatic heterocycles. The molecule has 2 unspecified atom stereocenters. The molecule has 0 amide bonds. The van der Waals surface area contributed by atoms with Crippen molar-refractivity contribution in [3.05, 3.63) is 46.6 Å². The average Bonchev–Trinajstić information content (AvgIpc) is 3.08. The Balaban J connectivity index is 2.23. The van der Waals surface area contributed by atoms with Crippen LogP contribution in [-0.2, 0) is 0 Å². The Bertz CT molecular complexity index is 1310. The van der Waals surface area contributed by atoms with Gasteiger partial charge < -0.3 is 4.42 Å². The molecular formula is C20H21NO. The van der Waals surface area contributed by atoms with Gasteiger partial charge in [-0.15, -0.1) is 0 Å². The highest BCUT2D eigenvalue weighted by Gasteiger charge is 2.18. The summed E-state index contributed by atoms with van der Waals surface area (Å²) in [6.07, 6.45) is -2.32. The molecular weight excluding hydrogens is 270 g/mol. The minimum Gasteiger partial charge on any atom is -0.456 e. The summed E-state index contributed by atoms with van der Waals surface area (Å²) < 4.78 is 80.0. The van der Waals surface area contributed by atoms with Gasteiger partial charge in [-0.25, -0.2) is 0 Å². The van der Waals surface area contributed by atoms with Gasteiger partial charge >= 0.3 is 0 Å². The second-order valence-electron chi connectivity index (χ2n) is 5.50. The van der Waals surface area contributed by atoms with Crippen LogP contribution in [0.1, 0.15) is 63.3 Å². The topological polar surface area (TPSA) is 25.5 Å². The number of benzene rings is 1. The van der Waals surface area contributed by atoms with Crippen molar-refractivity contribution in [1.82, 2.24) is 0 Å². The predicted molar refractivity (Wildman–Crippen MR) is 92.5 cm³/mol. The van der Waals surface area contributed by atoms with Crippen molar-refractivity contribution >= 4 is 28.3 Å². The first-order valence-electron chi connectivity index (χ1n) is 11.9. The Morgan fingerprint density at radius 1 is 1.41 bits per heavy atom. The van der Waals surface area contributed by atoms with Gasteiger partial charge in [-0.2, -0.15) is 0 Å². The van der Waals surface area contributed by atoms with Gasteiger partial charge in [0.05, 0.1) is 8.22 Å². The molecule has 1 aliphatic heterocycles. The molecule has 4 rings (SSSR count). The van der Waals surface area contributed by atoms with Crippen LogP contribution in [0.2, 0.25) is 0 Å². The Morgan fingerprint density at radius 2 is 2.32 bits per heavy atom. The number of nitrogens with zero attached hydrogens (tertiary/aromatic N) is 1. The second-order valence-corrected chi connectivity index (χ2v) is 5.50. The highest BCUT2D eigenvalue weighted by Crippen LogP contribution is 2.24. The molecule has 112 valence electrons. The van der Waals surface area contributed by atoms with E-state index >= 15 is 0 Å². The molecule has 0 radical (unpaired) electrons. The molecule has 0 saturated carbocycles. The van der Waals surface area contributed by atoms with Gasteiger partial charge in [-0.1, -0.05) is 38.0 Å². The lowest BCUT2D eigenvalue weighted by Crippen LogP contribution is -2.29. The normalized spacial score (nSPS) is 31.9. The molecule has 1 aromatic carbocycles. The zero-order valence-electron chi connectivity index (χ0n) is 21.4. The van der Waals surface area contributed by atoms with Crippen molar-refractivity contribution in [3.63, 3.8) is 0 Å². The van der Waals surface area contributed by atoms with Crippen LogP contribution in [0.3, 0.4) is 0 Å². The van der Waals surface area contributed by atoms with Crippen LogP contribution in [-0.4, -0.2) is 5.71 Å². The first-order chi connectivity index (χ1) is 14.4. The van der Waals surface area contributed by atoms with E-state index in [1.807, 2.05) is 0 Å². The van der Waals surface area contributed by atoms with Gasteiger partial charge in [0.25, 0.3) is 0 Å². The summed E-state index contributed by atoms with van der Waals surface area (Å²) in [5, 5.41) is 0.601. The number of allylic oxidation sites excluding steroid dienone is 1. The van der Waals surface area contributed by atoms with Crippen molar-refractivity contribution < 1.29 is 16.8 Å². The molecule has 2 heterocycles.